The van der Waals surface area contributed by atoms with Crippen molar-refractivity contribution in [3.63, 3.8) is 0 Å². The van der Waals surface area contributed by atoms with Crippen LogP contribution in [0.2, 0.25) is 0 Å². The summed E-state index contributed by atoms with van der Waals surface area (Å²) < 4.78 is 34.3. The van der Waals surface area contributed by atoms with Crippen LogP contribution in [-0.2, 0) is 29.7 Å². The van der Waals surface area contributed by atoms with Crippen molar-refractivity contribution in [3.8, 4) is 5.75 Å². The molecule has 0 spiro atoms. The van der Waals surface area contributed by atoms with E-state index in [0.717, 1.165) is 16.7 Å². The smallest absolute Gasteiger partial charge is 0.254 e. The van der Waals surface area contributed by atoms with E-state index < -0.39 is 10.0 Å². The number of hydrogen-bond donors (Lipinski definition) is 1. The molecule has 4 rings (SSSR count). The molecule has 0 aliphatic rings. The lowest BCUT2D eigenvalue weighted by molar-refractivity contribution is 0.0729. The third kappa shape index (κ3) is 6.38. The summed E-state index contributed by atoms with van der Waals surface area (Å²) in [7, 11) is -2.54. The van der Waals surface area contributed by atoms with Crippen molar-refractivity contribution in [3.05, 3.63) is 131 Å². The molecule has 7 heteroatoms. The van der Waals surface area contributed by atoms with Crippen LogP contribution in [0.4, 0.5) is 0 Å². The summed E-state index contributed by atoms with van der Waals surface area (Å²) in [5, 5.41) is 0. The molecule has 0 fully saturated rings. The number of benzene rings is 4. The second kappa shape index (κ2) is 11.7. The number of carbonyl (C=O) groups is 1. The molecule has 1 amide bonds. The van der Waals surface area contributed by atoms with Gasteiger partial charge in [-0.15, -0.1) is 0 Å². The fraction of sp³-hybridized carbons (Fsp3) is 0.138. The Bertz CT molecular complexity index is 1350. The SMILES string of the molecule is COc1ccc(C(=O)N(Cc2ccccc2)Cc2ccccc2)cc1S(=O)(=O)NCc1ccccc1. The van der Waals surface area contributed by atoms with E-state index in [9.17, 15) is 13.2 Å². The maximum absolute atomic E-state index is 13.7. The van der Waals surface area contributed by atoms with E-state index in [1.807, 2.05) is 91.0 Å². The zero-order chi connectivity index (χ0) is 25.4. The van der Waals surface area contributed by atoms with Crippen molar-refractivity contribution in [1.29, 1.82) is 0 Å². The molecule has 1 N–H and O–H groups in total. The molecule has 0 saturated carbocycles. The summed E-state index contributed by atoms with van der Waals surface area (Å²) in [6.07, 6.45) is 0. The van der Waals surface area contributed by atoms with Gasteiger partial charge in [-0.2, -0.15) is 0 Å². The summed E-state index contributed by atoms with van der Waals surface area (Å²) in [6, 6.07) is 33.1. The van der Waals surface area contributed by atoms with Crippen molar-refractivity contribution >= 4 is 15.9 Å². The molecule has 0 radical (unpaired) electrons. The third-order valence-electron chi connectivity index (χ3n) is 5.73. The number of carbonyl (C=O) groups excluding carboxylic acids is 1. The predicted octanol–water partition coefficient (Wildman–Crippen LogP) is 5.02. The number of amides is 1. The van der Waals surface area contributed by atoms with Crippen molar-refractivity contribution in [2.75, 3.05) is 7.11 Å². The van der Waals surface area contributed by atoms with Crippen LogP contribution in [0.1, 0.15) is 27.0 Å². The molecule has 0 heterocycles. The number of methoxy groups -OCH3 is 1. The maximum atomic E-state index is 13.7. The Balaban J connectivity index is 1.63. The second-order valence-corrected chi connectivity index (χ2v) is 10.0. The summed E-state index contributed by atoms with van der Waals surface area (Å²) in [4.78, 5) is 15.3. The highest BCUT2D eigenvalue weighted by atomic mass is 32.2. The first-order chi connectivity index (χ1) is 17.5. The molecular formula is C29H28N2O4S. The van der Waals surface area contributed by atoms with Crippen LogP contribution in [0.3, 0.4) is 0 Å². The lowest BCUT2D eigenvalue weighted by Crippen LogP contribution is -2.30. The number of rotatable bonds is 10. The molecule has 184 valence electrons. The first kappa shape index (κ1) is 25.2. The molecule has 36 heavy (non-hydrogen) atoms. The lowest BCUT2D eigenvalue weighted by atomic mass is 10.1. The van der Waals surface area contributed by atoms with Crippen LogP contribution in [-0.4, -0.2) is 26.3 Å². The van der Waals surface area contributed by atoms with Crippen LogP contribution >= 0.6 is 0 Å². The fourth-order valence-electron chi connectivity index (χ4n) is 3.86. The summed E-state index contributed by atoms with van der Waals surface area (Å²) in [5.41, 5.74) is 3.05. The molecule has 4 aromatic rings. The predicted molar refractivity (Wildman–Crippen MR) is 140 cm³/mol. The number of hydrogen-bond acceptors (Lipinski definition) is 4. The van der Waals surface area contributed by atoms with Crippen LogP contribution in [0.5, 0.6) is 5.75 Å². The first-order valence-electron chi connectivity index (χ1n) is 11.5. The molecule has 0 saturated heterocycles. The fourth-order valence-corrected chi connectivity index (χ4v) is 5.07. The molecule has 6 nitrogen and oxygen atoms in total. The summed E-state index contributed by atoms with van der Waals surface area (Å²) in [6.45, 7) is 0.891. The van der Waals surface area contributed by atoms with Gasteiger partial charge < -0.3 is 9.64 Å². The standard InChI is InChI=1S/C29H28N2O4S/c1-35-27-18-17-26(19-28(27)36(33,34)30-20-23-11-5-2-6-12-23)29(32)31(21-24-13-7-3-8-14-24)22-25-15-9-4-10-16-25/h2-19,30H,20-22H2,1H3. The Hall–Kier alpha value is -3.94. The molecule has 0 unspecified atom stereocenters. The van der Waals surface area contributed by atoms with Gasteiger partial charge in [-0.3, -0.25) is 4.79 Å². The number of sulfonamides is 1. The highest BCUT2D eigenvalue weighted by Crippen LogP contribution is 2.26. The van der Waals surface area contributed by atoms with Gasteiger partial charge in [-0.05, 0) is 34.9 Å². The van der Waals surface area contributed by atoms with Gasteiger partial charge in [0.15, 0.2) is 0 Å². The second-order valence-electron chi connectivity index (χ2n) is 8.31. The Morgan fingerprint density at radius 3 is 1.75 bits per heavy atom. The van der Waals surface area contributed by atoms with Gasteiger partial charge >= 0.3 is 0 Å². The molecule has 0 bridgehead atoms. The van der Waals surface area contributed by atoms with Gasteiger partial charge in [0.25, 0.3) is 5.91 Å². The van der Waals surface area contributed by atoms with Crippen LogP contribution in [0, 0.1) is 0 Å². The van der Waals surface area contributed by atoms with Gasteiger partial charge in [-0.1, -0.05) is 91.0 Å². The van der Waals surface area contributed by atoms with E-state index in [0.29, 0.717) is 13.1 Å². The first-order valence-corrected chi connectivity index (χ1v) is 13.0. The van der Waals surface area contributed by atoms with Crippen LogP contribution in [0.15, 0.2) is 114 Å². The number of nitrogens with one attached hydrogen (secondary N) is 1. The minimum Gasteiger partial charge on any atom is -0.495 e. The third-order valence-corrected chi connectivity index (χ3v) is 7.15. The number of nitrogens with zero attached hydrogens (tertiary/aromatic N) is 1. The Morgan fingerprint density at radius 2 is 1.25 bits per heavy atom. The van der Waals surface area contributed by atoms with Gasteiger partial charge in [0.1, 0.15) is 10.6 Å². The number of ether oxygens (including phenoxy) is 1. The molecule has 0 atom stereocenters. The van der Waals surface area contributed by atoms with Gasteiger partial charge in [-0.25, -0.2) is 13.1 Å². The Labute approximate surface area is 212 Å². The Morgan fingerprint density at radius 1 is 0.750 bits per heavy atom. The van der Waals surface area contributed by atoms with Crippen molar-refractivity contribution in [2.24, 2.45) is 0 Å². The van der Waals surface area contributed by atoms with Crippen LogP contribution in [0.25, 0.3) is 0 Å². The van der Waals surface area contributed by atoms with Gasteiger partial charge in [0.2, 0.25) is 10.0 Å². The summed E-state index contributed by atoms with van der Waals surface area (Å²) >= 11 is 0. The largest absolute Gasteiger partial charge is 0.495 e. The average Bonchev–Trinajstić information content (AvgIpc) is 2.92. The molecule has 0 aliphatic heterocycles. The highest BCUT2D eigenvalue weighted by Gasteiger charge is 2.24. The van der Waals surface area contributed by atoms with E-state index in [-0.39, 0.29) is 28.7 Å². The minimum atomic E-state index is -3.95. The topological polar surface area (TPSA) is 75.7 Å². The van der Waals surface area contributed by atoms with E-state index in [1.54, 1.807) is 11.0 Å². The normalized spacial score (nSPS) is 11.1. The van der Waals surface area contributed by atoms with Gasteiger partial charge in [0.05, 0.1) is 7.11 Å². The zero-order valence-electron chi connectivity index (χ0n) is 20.0. The van der Waals surface area contributed by atoms with E-state index in [4.69, 9.17) is 4.74 Å². The monoisotopic (exact) mass is 500 g/mol. The average molecular weight is 501 g/mol. The lowest BCUT2D eigenvalue weighted by Gasteiger charge is -2.24. The van der Waals surface area contributed by atoms with Crippen LogP contribution < -0.4 is 9.46 Å². The van der Waals surface area contributed by atoms with Gasteiger partial charge in [0, 0.05) is 25.2 Å². The minimum absolute atomic E-state index is 0.0776. The summed E-state index contributed by atoms with van der Waals surface area (Å²) in [5.74, 6) is -0.102. The quantitative estimate of drug-likeness (QED) is 0.332. The van der Waals surface area contributed by atoms with E-state index in [2.05, 4.69) is 4.72 Å². The van der Waals surface area contributed by atoms with E-state index in [1.165, 1.54) is 19.2 Å². The highest BCUT2D eigenvalue weighted by molar-refractivity contribution is 7.89. The van der Waals surface area contributed by atoms with Crippen molar-refractivity contribution < 1.29 is 17.9 Å². The molecule has 4 aromatic carbocycles. The van der Waals surface area contributed by atoms with Crippen molar-refractivity contribution in [2.45, 2.75) is 24.5 Å². The maximum Gasteiger partial charge on any atom is 0.254 e. The Kier molecular flexibility index (Phi) is 8.15. The zero-order valence-corrected chi connectivity index (χ0v) is 20.8. The molecule has 0 aromatic heterocycles. The molecular weight excluding hydrogens is 472 g/mol. The molecule has 0 aliphatic carbocycles. The van der Waals surface area contributed by atoms with Crippen molar-refractivity contribution in [1.82, 2.24) is 9.62 Å². The van der Waals surface area contributed by atoms with E-state index >= 15 is 0 Å².